The van der Waals surface area contributed by atoms with Crippen molar-refractivity contribution in [3.05, 3.63) is 135 Å². The maximum absolute atomic E-state index is 13.7. The molecule has 14 nitrogen and oxygen atoms in total. The number of phenolic OH excluding ortho intramolecular Hbond substituents is 2. The van der Waals surface area contributed by atoms with E-state index in [1.54, 1.807) is 46.6 Å². The maximum atomic E-state index is 13.7. The summed E-state index contributed by atoms with van der Waals surface area (Å²) in [7, 11) is 0. The number of rotatable bonds is 17. The highest BCUT2D eigenvalue weighted by atomic mass is 32.1. The molecule has 0 unspecified atom stereocenters. The summed E-state index contributed by atoms with van der Waals surface area (Å²) in [5.74, 6) is -0.695. The van der Waals surface area contributed by atoms with Crippen molar-refractivity contribution in [2.75, 3.05) is 24.5 Å². The van der Waals surface area contributed by atoms with E-state index in [4.69, 9.17) is 9.47 Å². The van der Waals surface area contributed by atoms with Gasteiger partial charge in [-0.25, -0.2) is 4.79 Å². The molecular formula is C54H57N5O9S. The van der Waals surface area contributed by atoms with Crippen molar-refractivity contribution in [1.29, 1.82) is 0 Å². The lowest BCUT2D eigenvalue weighted by Gasteiger charge is -2.36. The molecule has 4 heterocycles. The maximum Gasteiger partial charge on any atom is 0.340 e. The molecule has 0 radical (unpaired) electrons. The number of benzene rings is 4. The molecule has 0 bridgehead atoms. The molecule has 1 saturated carbocycles. The number of likely N-dealkylation sites (N-methyl/N-ethyl adjacent to an activating group) is 1. The number of hydrogen-bond donors (Lipinski definition) is 5. The average molecular weight is 952 g/mol. The van der Waals surface area contributed by atoms with E-state index in [1.807, 2.05) is 60.2 Å². The molecule has 0 saturated heterocycles. The van der Waals surface area contributed by atoms with E-state index in [9.17, 15) is 34.2 Å². The molecule has 0 atom stereocenters. The van der Waals surface area contributed by atoms with Gasteiger partial charge in [0.1, 0.15) is 35.2 Å². The van der Waals surface area contributed by atoms with E-state index in [0.29, 0.717) is 73.3 Å². The van der Waals surface area contributed by atoms with Crippen LogP contribution in [0.25, 0.3) is 10.2 Å². The van der Waals surface area contributed by atoms with Gasteiger partial charge < -0.3 is 45.1 Å². The van der Waals surface area contributed by atoms with Gasteiger partial charge in [-0.1, -0.05) is 43.9 Å². The molecule has 1 fully saturated rings. The molecule has 1 aliphatic carbocycles. The minimum Gasteiger partial charge on any atom is -0.508 e. The van der Waals surface area contributed by atoms with Gasteiger partial charge in [-0.05, 0) is 124 Å². The zero-order chi connectivity index (χ0) is 48.2. The first-order valence-electron chi connectivity index (χ1n) is 24.0. The molecule has 69 heavy (non-hydrogen) atoms. The van der Waals surface area contributed by atoms with Gasteiger partial charge in [-0.2, -0.15) is 0 Å². The zero-order valence-corrected chi connectivity index (χ0v) is 39.7. The number of fused-ring (bicyclic) bond motifs is 7. The highest BCUT2D eigenvalue weighted by Crippen LogP contribution is 2.57. The number of aryl methyl sites for hydroxylation is 1. The Morgan fingerprint density at radius 1 is 0.768 bits per heavy atom. The average Bonchev–Trinajstić information content (AvgIpc) is 4.02. The molecule has 4 amide bonds. The van der Waals surface area contributed by atoms with Gasteiger partial charge in [-0.3, -0.25) is 19.2 Å². The van der Waals surface area contributed by atoms with Crippen molar-refractivity contribution >= 4 is 56.8 Å². The van der Waals surface area contributed by atoms with Crippen LogP contribution in [0.4, 0.5) is 5.69 Å². The number of amides is 4. The Bertz CT molecular complexity index is 2880. The molecule has 2 aliphatic heterocycles. The number of unbranched alkanes of at least 4 members (excludes halogenated alkanes) is 5. The van der Waals surface area contributed by atoms with Crippen molar-refractivity contribution in [2.45, 2.75) is 96.2 Å². The van der Waals surface area contributed by atoms with E-state index < -0.39 is 11.6 Å². The van der Waals surface area contributed by atoms with Gasteiger partial charge >= 0.3 is 5.97 Å². The van der Waals surface area contributed by atoms with Gasteiger partial charge in [0.25, 0.3) is 11.8 Å². The van der Waals surface area contributed by atoms with Crippen LogP contribution in [-0.2, 0) is 26.5 Å². The van der Waals surface area contributed by atoms with Crippen molar-refractivity contribution in [1.82, 2.24) is 20.5 Å². The fraction of sp³-hybridized carbons (Fsp3) is 0.352. The molecule has 15 heteroatoms. The number of ether oxygens (including phenoxy) is 2. The van der Waals surface area contributed by atoms with Crippen LogP contribution in [0.1, 0.15) is 125 Å². The fourth-order valence-electron chi connectivity index (χ4n) is 10.1. The minimum absolute atomic E-state index is 0.0310. The van der Waals surface area contributed by atoms with Crippen LogP contribution in [0.2, 0.25) is 0 Å². The Morgan fingerprint density at radius 3 is 2.12 bits per heavy atom. The number of thiophene rings is 1. The van der Waals surface area contributed by atoms with Crippen LogP contribution in [-0.4, -0.2) is 70.1 Å². The Hall–Kier alpha value is -7.13. The van der Waals surface area contributed by atoms with E-state index in [2.05, 4.69) is 16.0 Å². The molecule has 6 aromatic rings. The first-order chi connectivity index (χ1) is 33.4. The third kappa shape index (κ3) is 9.65. The lowest BCUT2D eigenvalue weighted by atomic mass is 9.77. The number of aromatic nitrogens is 1. The Morgan fingerprint density at radius 2 is 1.43 bits per heavy atom. The molecule has 1 spiro atoms. The number of phenols is 2. The van der Waals surface area contributed by atoms with E-state index >= 15 is 0 Å². The van der Waals surface area contributed by atoms with Crippen LogP contribution >= 0.6 is 11.3 Å². The normalized spacial score (nSPS) is 16.5. The number of carbonyl (C=O) groups excluding carboxylic acids is 5. The third-order valence-electron chi connectivity index (χ3n) is 13.6. The van der Waals surface area contributed by atoms with E-state index in [-0.39, 0.29) is 70.7 Å². The van der Waals surface area contributed by atoms with Crippen LogP contribution in [0.15, 0.2) is 96.4 Å². The van der Waals surface area contributed by atoms with Gasteiger partial charge in [0, 0.05) is 71.7 Å². The molecule has 9 rings (SSSR count). The number of nitrogens with zero attached hydrogens (tertiary/aromatic N) is 2. The number of aromatic hydroxyl groups is 2. The summed E-state index contributed by atoms with van der Waals surface area (Å²) in [5, 5.41) is 31.6. The zero-order valence-electron chi connectivity index (χ0n) is 38.8. The lowest BCUT2D eigenvalue weighted by molar-refractivity contribution is -0.126. The standard InChI is InChI=1S/C54H57N5O9S/c1-3-58(37-12-10-11-33(2)27-37)49(62)32-59-44-23-26-69-48(44)31-45(59)52(65)57-36-16-13-34(14-17-36)50(63)55-24-8-6-4-5-7-9-25-56-51(64)35-15-20-41-40(28-35)53(66)68-54(41)42-21-18-38(60)29-46(42)67-47-30-39(61)19-22-43(47)54/h10-12,15,18-23,26-31,34,36,60-61H,3-9,13-14,16-17,24-25,32H2,1-2H3,(H,55,63)(H,56,64)(H,57,65)/t34-,36-. The summed E-state index contributed by atoms with van der Waals surface area (Å²) in [6, 6.07) is 25.7. The van der Waals surface area contributed by atoms with E-state index in [1.165, 1.54) is 24.3 Å². The molecule has 4 aromatic carbocycles. The van der Waals surface area contributed by atoms with Gasteiger partial charge in [0.2, 0.25) is 11.8 Å². The van der Waals surface area contributed by atoms with Gasteiger partial charge in [-0.15, -0.1) is 11.3 Å². The summed E-state index contributed by atoms with van der Waals surface area (Å²) >= 11 is 1.54. The lowest BCUT2D eigenvalue weighted by Crippen LogP contribution is -2.42. The fourth-order valence-corrected chi connectivity index (χ4v) is 10.9. The van der Waals surface area contributed by atoms with Crippen molar-refractivity contribution in [3.63, 3.8) is 0 Å². The number of esters is 1. The summed E-state index contributed by atoms with van der Waals surface area (Å²) in [6.45, 7) is 5.61. The Balaban J connectivity index is 0.669. The quantitative estimate of drug-likeness (QED) is 0.0439. The highest BCUT2D eigenvalue weighted by molar-refractivity contribution is 7.17. The summed E-state index contributed by atoms with van der Waals surface area (Å²) in [6.07, 6.45) is 8.42. The van der Waals surface area contributed by atoms with Crippen LogP contribution in [0.5, 0.6) is 23.0 Å². The summed E-state index contributed by atoms with van der Waals surface area (Å²) < 4.78 is 14.9. The predicted molar refractivity (Wildman–Crippen MR) is 263 cm³/mol. The van der Waals surface area contributed by atoms with Crippen molar-refractivity contribution in [3.8, 4) is 23.0 Å². The first-order valence-corrected chi connectivity index (χ1v) is 24.8. The summed E-state index contributed by atoms with van der Waals surface area (Å²) in [5.41, 5.74) is 3.99. The molecule has 2 aromatic heterocycles. The third-order valence-corrected chi connectivity index (χ3v) is 14.5. The molecule has 358 valence electrons. The van der Waals surface area contributed by atoms with Crippen molar-refractivity contribution in [2.24, 2.45) is 5.92 Å². The molecule has 3 aliphatic rings. The van der Waals surface area contributed by atoms with E-state index in [0.717, 1.165) is 60.0 Å². The Kier molecular flexibility index (Phi) is 13.8. The second kappa shape index (κ2) is 20.2. The second-order valence-corrected chi connectivity index (χ2v) is 19.2. The number of anilines is 1. The van der Waals surface area contributed by atoms with Gasteiger partial charge in [0.15, 0.2) is 5.60 Å². The first kappa shape index (κ1) is 47.0. The number of carbonyl (C=O) groups is 5. The Labute approximate surface area is 404 Å². The second-order valence-electron chi connectivity index (χ2n) is 18.2. The van der Waals surface area contributed by atoms with Crippen LogP contribution < -0.4 is 25.6 Å². The minimum atomic E-state index is -1.39. The monoisotopic (exact) mass is 951 g/mol. The smallest absolute Gasteiger partial charge is 0.340 e. The SMILES string of the molecule is CCN(C(=O)Cn1c(C(=O)N[C@H]2CC[C@H](C(=O)NCCCCCCCCNC(=O)c3ccc4c(c3)C(=O)OC43c4ccc(O)cc4Oc4cc(O)ccc43)CC2)cc2sccc21)c1cccc(C)c1. The van der Waals surface area contributed by atoms with Crippen molar-refractivity contribution < 1.29 is 43.7 Å². The predicted octanol–water partition coefficient (Wildman–Crippen LogP) is 9.22. The van der Waals surface area contributed by atoms with Crippen LogP contribution in [0, 0.1) is 12.8 Å². The molecule has 5 N–H and O–H groups in total. The summed E-state index contributed by atoms with van der Waals surface area (Å²) in [4.78, 5) is 68.8. The molecular weight excluding hydrogens is 895 g/mol. The topological polar surface area (TPSA) is 189 Å². The van der Waals surface area contributed by atoms with Gasteiger partial charge in [0.05, 0.1) is 15.8 Å². The highest BCUT2D eigenvalue weighted by Gasteiger charge is 2.54. The number of hydrogen-bond acceptors (Lipinski definition) is 10. The number of nitrogens with one attached hydrogen (secondary N) is 3. The largest absolute Gasteiger partial charge is 0.508 e. The van der Waals surface area contributed by atoms with Crippen LogP contribution in [0.3, 0.4) is 0 Å².